The molecule has 86 valence electrons. The number of carbonyl (C=O) groups is 1. The van der Waals surface area contributed by atoms with Gasteiger partial charge in [0, 0.05) is 12.7 Å². The van der Waals surface area contributed by atoms with Crippen molar-refractivity contribution in [2.75, 3.05) is 12.3 Å². The number of carbonyl (C=O) groups excluding carboxylic acids is 1. The molecule has 0 saturated heterocycles. The van der Waals surface area contributed by atoms with Gasteiger partial charge in [-0.1, -0.05) is 13.8 Å². The van der Waals surface area contributed by atoms with Crippen LogP contribution < -0.4 is 11.1 Å². The van der Waals surface area contributed by atoms with Crippen LogP contribution in [0.25, 0.3) is 0 Å². The summed E-state index contributed by atoms with van der Waals surface area (Å²) in [5, 5.41) is 2.90. The van der Waals surface area contributed by atoms with Crippen LogP contribution in [0.5, 0.6) is 0 Å². The van der Waals surface area contributed by atoms with Gasteiger partial charge in [-0.15, -0.1) is 0 Å². The predicted octanol–water partition coefficient (Wildman–Crippen LogP) is 1.44. The van der Waals surface area contributed by atoms with E-state index in [4.69, 9.17) is 5.73 Å². The molecule has 1 aromatic rings. The maximum Gasteiger partial charge on any atom is 0.255 e. The van der Waals surface area contributed by atoms with Gasteiger partial charge in [0.1, 0.15) is 5.82 Å². The van der Waals surface area contributed by atoms with Gasteiger partial charge < -0.3 is 11.1 Å². The van der Waals surface area contributed by atoms with Crippen LogP contribution in [0.3, 0.4) is 0 Å². The van der Waals surface area contributed by atoms with Crippen LogP contribution in [0.15, 0.2) is 18.3 Å². The van der Waals surface area contributed by atoms with Crippen LogP contribution in [0.1, 0.15) is 30.6 Å². The van der Waals surface area contributed by atoms with Crippen LogP contribution in [-0.2, 0) is 0 Å². The molecule has 4 heteroatoms. The lowest BCUT2D eigenvalue weighted by Gasteiger charge is -2.07. The minimum atomic E-state index is -0.131. The van der Waals surface area contributed by atoms with Crippen molar-refractivity contribution in [1.29, 1.82) is 0 Å². The minimum Gasteiger partial charge on any atom is -0.383 e. The highest BCUT2D eigenvalue weighted by Crippen LogP contribution is 2.50. The normalized spacial score (nSPS) is 21.5. The van der Waals surface area contributed by atoms with Gasteiger partial charge >= 0.3 is 0 Å². The third-order valence-electron chi connectivity index (χ3n) is 3.31. The number of rotatable bonds is 3. The number of hydrogen-bond donors (Lipinski definition) is 2. The lowest BCUT2D eigenvalue weighted by molar-refractivity contribution is 0.0951. The van der Waals surface area contributed by atoms with Crippen molar-refractivity contribution in [2.24, 2.45) is 11.3 Å². The topological polar surface area (TPSA) is 68.0 Å². The summed E-state index contributed by atoms with van der Waals surface area (Å²) >= 11 is 0. The number of aromatic nitrogens is 1. The molecule has 16 heavy (non-hydrogen) atoms. The summed E-state index contributed by atoms with van der Waals surface area (Å²) in [5.41, 5.74) is 6.47. The zero-order valence-corrected chi connectivity index (χ0v) is 9.66. The fourth-order valence-electron chi connectivity index (χ4n) is 1.85. The molecule has 2 rings (SSSR count). The predicted molar refractivity (Wildman–Crippen MR) is 62.9 cm³/mol. The van der Waals surface area contributed by atoms with Crippen molar-refractivity contribution < 1.29 is 4.79 Å². The maximum absolute atomic E-state index is 11.8. The van der Waals surface area contributed by atoms with E-state index < -0.39 is 0 Å². The molecule has 4 nitrogen and oxygen atoms in total. The third-order valence-corrected chi connectivity index (χ3v) is 3.31. The zero-order chi connectivity index (χ0) is 11.8. The van der Waals surface area contributed by atoms with Gasteiger partial charge in [0.25, 0.3) is 5.91 Å². The number of pyridine rings is 1. The molecule has 1 heterocycles. The molecule has 1 atom stereocenters. The van der Waals surface area contributed by atoms with E-state index in [0.29, 0.717) is 16.9 Å². The summed E-state index contributed by atoms with van der Waals surface area (Å²) in [6.45, 7) is 5.14. The second-order valence-electron chi connectivity index (χ2n) is 5.04. The number of nitrogen functional groups attached to an aromatic ring is 1. The second kappa shape index (κ2) is 3.77. The highest BCUT2D eigenvalue weighted by atomic mass is 16.1. The first-order valence-electron chi connectivity index (χ1n) is 5.49. The smallest absolute Gasteiger partial charge is 0.255 e. The standard InChI is InChI=1S/C12H17N3O/c1-12(2)6-8(12)7-15-11(16)9-4-3-5-14-10(9)13/h3-5,8H,6-7H2,1-2H3,(H2,13,14)(H,15,16). The Hall–Kier alpha value is -1.58. The van der Waals surface area contributed by atoms with E-state index in [2.05, 4.69) is 24.1 Å². The summed E-state index contributed by atoms with van der Waals surface area (Å²) in [7, 11) is 0. The number of nitrogens with one attached hydrogen (secondary N) is 1. The fraction of sp³-hybridized carbons (Fsp3) is 0.500. The van der Waals surface area contributed by atoms with E-state index >= 15 is 0 Å². The molecule has 1 amide bonds. The lowest BCUT2D eigenvalue weighted by Crippen LogP contribution is -2.27. The Kier molecular flexibility index (Phi) is 2.58. The van der Waals surface area contributed by atoms with Crippen molar-refractivity contribution >= 4 is 11.7 Å². The van der Waals surface area contributed by atoms with Gasteiger partial charge in [0.05, 0.1) is 5.56 Å². The van der Waals surface area contributed by atoms with Crippen LogP contribution >= 0.6 is 0 Å². The highest BCUT2D eigenvalue weighted by molar-refractivity contribution is 5.98. The van der Waals surface area contributed by atoms with Crippen molar-refractivity contribution in [2.45, 2.75) is 20.3 Å². The Morgan fingerprint density at radius 3 is 2.94 bits per heavy atom. The molecular weight excluding hydrogens is 202 g/mol. The first-order valence-corrected chi connectivity index (χ1v) is 5.49. The monoisotopic (exact) mass is 219 g/mol. The van der Waals surface area contributed by atoms with Gasteiger partial charge in [-0.3, -0.25) is 4.79 Å². The Morgan fingerprint density at radius 2 is 2.38 bits per heavy atom. The van der Waals surface area contributed by atoms with Gasteiger partial charge in [-0.2, -0.15) is 0 Å². The van der Waals surface area contributed by atoms with E-state index in [1.807, 2.05) is 0 Å². The summed E-state index contributed by atoms with van der Waals surface area (Å²) in [4.78, 5) is 15.7. The average molecular weight is 219 g/mol. The molecule has 0 aromatic carbocycles. The quantitative estimate of drug-likeness (QED) is 0.808. The fourth-order valence-corrected chi connectivity index (χ4v) is 1.85. The number of anilines is 1. The number of nitrogens with two attached hydrogens (primary N) is 1. The van der Waals surface area contributed by atoms with Crippen molar-refractivity contribution in [3.8, 4) is 0 Å². The van der Waals surface area contributed by atoms with E-state index in [0.717, 1.165) is 6.54 Å². The molecule has 1 saturated carbocycles. The average Bonchev–Trinajstić information content (AvgIpc) is 2.84. The largest absolute Gasteiger partial charge is 0.383 e. The molecular formula is C12H17N3O. The Morgan fingerprint density at radius 1 is 1.69 bits per heavy atom. The summed E-state index contributed by atoms with van der Waals surface area (Å²) in [6.07, 6.45) is 2.76. The molecule has 0 aliphatic heterocycles. The number of hydrogen-bond acceptors (Lipinski definition) is 3. The van der Waals surface area contributed by atoms with Crippen molar-refractivity contribution in [3.63, 3.8) is 0 Å². The molecule has 1 aliphatic rings. The summed E-state index contributed by atoms with van der Waals surface area (Å²) in [6, 6.07) is 3.40. The van der Waals surface area contributed by atoms with Crippen LogP contribution in [0.4, 0.5) is 5.82 Å². The Bertz CT molecular complexity index is 414. The first-order chi connectivity index (χ1) is 7.50. The summed E-state index contributed by atoms with van der Waals surface area (Å²) in [5.74, 6) is 0.748. The molecule has 3 N–H and O–H groups in total. The summed E-state index contributed by atoms with van der Waals surface area (Å²) < 4.78 is 0. The van der Waals surface area contributed by atoms with E-state index in [1.165, 1.54) is 6.42 Å². The molecule has 1 aromatic heterocycles. The molecule has 0 radical (unpaired) electrons. The molecule has 0 spiro atoms. The lowest BCUT2D eigenvalue weighted by atomic mass is 10.1. The highest BCUT2D eigenvalue weighted by Gasteiger charge is 2.45. The van der Waals surface area contributed by atoms with E-state index in [1.54, 1.807) is 18.3 Å². The number of nitrogens with zero attached hydrogens (tertiary/aromatic N) is 1. The van der Waals surface area contributed by atoms with Gasteiger partial charge in [0.2, 0.25) is 0 Å². The van der Waals surface area contributed by atoms with Crippen LogP contribution in [-0.4, -0.2) is 17.4 Å². The molecule has 0 bridgehead atoms. The SMILES string of the molecule is CC1(C)CC1CNC(=O)c1cccnc1N. The van der Waals surface area contributed by atoms with Crippen molar-refractivity contribution in [1.82, 2.24) is 10.3 Å². The van der Waals surface area contributed by atoms with Gasteiger partial charge in [-0.05, 0) is 29.9 Å². The molecule has 1 unspecified atom stereocenters. The van der Waals surface area contributed by atoms with E-state index in [9.17, 15) is 4.79 Å². The maximum atomic E-state index is 11.8. The van der Waals surface area contributed by atoms with Gasteiger partial charge in [-0.25, -0.2) is 4.98 Å². The number of amides is 1. The second-order valence-corrected chi connectivity index (χ2v) is 5.04. The molecule has 1 fully saturated rings. The Labute approximate surface area is 95.3 Å². The van der Waals surface area contributed by atoms with Crippen LogP contribution in [0, 0.1) is 11.3 Å². The van der Waals surface area contributed by atoms with Crippen LogP contribution in [0.2, 0.25) is 0 Å². The zero-order valence-electron chi connectivity index (χ0n) is 9.66. The minimum absolute atomic E-state index is 0.131. The Balaban J connectivity index is 1.92. The van der Waals surface area contributed by atoms with E-state index in [-0.39, 0.29) is 11.7 Å². The first kappa shape index (κ1) is 10.9. The third kappa shape index (κ3) is 2.15. The van der Waals surface area contributed by atoms with Crippen molar-refractivity contribution in [3.05, 3.63) is 23.9 Å². The van der Waals surface area contributed by atoms with Gasteiger partial charge in [0.15, 0.2) is 0 Å². The molecule has 1 aliphatic carbocycles.